The summed E-state index contributed by atoms with van der Waals surface area (Å²) in [6.07, 6.45) is -2.08. The highest BCUT2D eigenvalue weighted by atomic mass is 35.5. The second-order valence-electron chi connectivity index (χ2n) is 5.62. The second-order valence-corrected chi connectivity index (χ2v) is 8.19. The summed E-state index contributed by atoms with van der Waals surface area (Å²) in [6.45, 7) is 1.63. The van der Waals surface area contributed by atoms with Gasteiger partial charge in [0.15, 0.2) is 5.76 Å². The molecule has 26 heavy (non-hydrogen) atoms. The van der Waals surface area contributed by atoms with Gasteiger partial charge in [-0.05, 0) is 18.6 Å². The Bertz CT molecular complexity index is 903. The molecule has 2 aromatic rings. The molecule has 1 aromatic carbocycles. The van der Waals surface area contributed by atoms with E-state index in [-0.39, 0.29) is 22.8 Å². The van der Waals surface area contributed by atoms with Crippen LogP contribution in [0.3, 0.4) is 0 Å². The van der Waals surface area contributed by atoms with Crippen molar-refractivity contribution < 1.29 is 27.4 Å². The molecule has 3 N–H and O–H groups in total. The second kappa shape index (κ2) is 6.41. The van der Waals surface area contributed by atoms with Gasteiger partial charge < -0.3 is 5.11 Å². The summed E-state index contributed by atoms with van der Waals surface area (Å²) >= 11 is 5.99. The third-order valence-electron chi connectivity index (χ3n) is 4.08. The number of alkyl halides is 3. The van der Waals surface area contributed by atoms with Crippen molar-refractivity contribution in [2.24, 2.45) is 0 Å². The van der Waals surface area contributed by atoms with Gasteiger partial charge in [0.25, 0.3) is 0 Å². The highest BCUT2D eigenvalue weighted by Crippen LogP contribution is 2.69. The lowest BCUT2D eigenvalue weighted by Gasteiger charge is -2.45. The Morgan fingerprint density at radius 3 is 2.46 bits per heavy atom. The first-order valence-electron chi connectivity index (χ1n) is 7.48. The van der Waals surface area contributed by atoms with E-state index < -0.39 is 43.8 Å². The Balaban J connectivity index is 2.42. The van der Waals surface area contributed by atoms with E-state index in [0.29, 0.717) is 0 Å². The van der Waals surface area contributed by atoms with Gasteiger partial charge >= 0.3 is 6.18 Å². The summed E-state index contributed by atoms with van der Waals surface area (Å²) in [5.74, 6) is -0.767. The fraction of sp³-hybridized carbons (Fsp3) is 0.250. The van der Waals surface area contributed by atoms with Gasteiger partial charge in [-0.3, -0.25) is 14.1 Å². The topological polar surface area (TPSA) is 86.5 Å². The molecular formula is C16H14ClF3N2O3S. The average molecular weight is 407 g/mol. The van der Waals surface area contributed by atoms with Crippen molar-refractivity contribution in [3.8, 4) is 0 Å². The summed E-state index contributed by atoms with van der Waals surface area (Å²) in [5.41, 5.74) is -1.80. The number of aliphatic hydroxyl groups excluding tert-OH is 1. The summed E-state index contributed by atoms with van der Waals surface area (Å²) in [6, 6.07) is 3.06. The van der Waals surface area contributed by atoms with E-state index in [0.717, 1.165) is 12.1 Å². The summed E-state index contributed by atoms with van der Waals surface area (Å²) < 4.78 is 62.1. The van der Waals surface area contributed by atoms with E-state index in [1.54, 1.807) is 6.92 Å². The SMILES string of the molecule is CCC1c2nccnc2C(O)=C(c2c(Cl)cccc2C(F)(F)F)S1(O)O. The van der Waals surface area contributed by atoms with Crippen molar-refractivity contribution in [2.75, 3.05) is 0 Å². The molecule has 1 aromatic heterocycles. The Hall–Kier alpha value is -1.81. The van der Waals surface area contributed by atoms with Crippen LogP contribution in [0.15, 0.2) is 30.6 Å². The Labute approximate surface area is 153 Å². The molecule has 2 heterocycles. The van der Waals surface area contributed by atoms with Crippen LogP contribution < -0.4 is 0 Å². The molecule has 140 valence electrons. The molecule has 0 spiro atoms. The monoisotopic (exact) mass is 406 g/mol. The lowest BCUT2D eigenvalue weighted by Crippen LogP contribution is -2.22. The minimum absolute atomic E-state index is 0.0892. The van der Waals surface area contributed by atoms with Crippen LogP contribution in [0.2, 0.25) is 5.02 Å². The maximum atomic E-state index is 13.5. The zero-order valence-corrected chi connectivity index (χ0v) is 14.9. The lowest BCUT2D eigenvalue weighted by molar-refractivity contribution is -0.137. The highest BCUT2D eigenvalue weighted by molar-refractivity contribution is 8.32. The predicted octanol–water partition coefficient (Wildman–Crippen LogP) is 5.75. The van der Waals surface area contributed by atoms with Crippen LogP contribution in [-0.4, -0.2) is 24.2 Å². The van der Waals surface area contributed by atoms with Gasteiger partial charge in [0.05, 0.1) is 21.5 Å². The van der Waals surface area contributed by atoms with Crippen LogP contribution in [0.1, 0.15) is 41.1 Å². The number of hydrogen-bond donors (Lipinski definition) is 3. The molecule has 1 atom stereocenters. The van der Waals surface area contributed by atoms with Gasteiger partial charge in [0.1, 0.15) is 10.6 Å². The Morgan fingerprint density at radius 1 is 1.19 bits per heavy atom. The van der Waals surface area contributed by atoms with Crippen molar-refractivity contribution in [3.63, 3.8) is 0 Å². The first kappa shape index (κ1) is 19.0. The first-order chi connectivity index (χ1) is 12.1. The summed E-state index contributed by atoms with van der Waals surface area (Å²) in [7, 11) is -3.89. The van der Waals surface area contributed by atoms with Crippen molar-refractivity contribution in [1.29, 1.82) is 0 Å². The maximum Gasteiger partial charge on any atom is 0.417 e. The van der Waals surface area contributed by atoms with Gasteiger partial charge in [-0.2, -0.15) is 23.8 Å². The van der Waals surface area contributed by atoms with Gasteiger partial charge in [0, 0.05) is 18.0 Å². The van der Waals surface area contributed by atoms with E-state index in [1.165, 1.54) is 18.5 Å². The number of fused-ring (bicyclic) bond motifs is 1. The summed E-state index contributed by atoms with van der Waals surface area (Å²) in [5, 5.41) is 9.21. The fourth-order valence-electron chi connectivity index (χ4n) is 3.00. The number of halogens is 4. The molecule has 0 bridgehead atoms. The first-order valence-corrected chi connectivity index (χ1v) is 9.47. The standard InChI is InChI=1S/C16H14ClF3N2O3S/c1-2-10-12-13(22-7-6-21-12)14(23)15(26(10,24)25)11-8(16(18,19)20)4-3-5-9(11)17/h3-7,10,23-25H,2H2,1H3. The van der Waals surface area contributed by atoms with Crippen LogP contribution in [-0.2, 0) is 6.18 Å². The normalized spacial score (nSPS) is 20.7. The smallest absolute Gasteiger partial charge is 0.417 e. The van der Waals surface area contributed by atoms with Gasteiger partial charge in [-0.1, -0.05) is 24.6 Å². The van der Waals surface area contributed by atoms with Crippen molar-refractivity contribution in [3.05, 3.63) is 58.1 Å². The van der Waals surface area contributed by atoms with E-state index in [2.05, 4.69) is 9.97 Å². The maximum absolute atomic E-state index is 13.5. The molecule has 0 aliphatic carbocycles. The highest BCUT2D eigenvalue weighted by Gasteiger charge is 2.45. The van der Waals surface area contributed by atoms with Gasteiger partial charge in [-0.15, -0.1) is 0 Å². The number of nitrogens with zero attached hydrogens (tertiary/aromatic N) is 2. The van der Waals surface area contributed by atoms with Crippen molar-refractivity contribution in [2.45, 2.75) is 24.8 Å². The largest absolute Gasteiger partial charge is 0.504 e. The van der Waals surface area contributed by atoms with E-state index in [1.807, 2.05) is 0 Å². The van der Waals surface area contributed by atoms with E-state index in [4.69, 9.17) is 11.6 Å². The van der Waals surface area contributed by atoms with Crippen molar-refractivity contribution in [1.82, 2.24) is 9.97 Å². The molecule has 1 unspecified atom stereocenters. The van der Waals surface area contributed by atoms with Crippen LogP contribution in [0, 0.1) is 0 Å². The molecule has 0 amide bonds. The fourth-order valence-corrected chi connectivity index (χ4v) is 5.46. The molecule has 3 rings (SSSR count). The molecule has 5 nitrogen and oxygen atoms in total. The molecule has 0 fully saturated rings. The van der Waals surface area contributed by atoms with Crippen LogP contribution >= 0.6 is 22.2 Å². The lowest BCUT2D eigenvalue weighted by atomic mass is 10.0. The quantitative estimate of drug-likeness (QED) is 0.591. The number of aliphatic hydroxyl groups is 1. The molecular weight excluding hydrogens is 393 g/mol. The molecule has 1 aliphatic heterocycles. The number of benzene rings is 1. The van der Waals surface area contributed by atoms with E-state index in [9.17, 15) is 27.4 Å². The minimum atomic E-state index is -4.81. The Morgan fingerprint density at radius 2 is 1.85 bits per heavy atom. The van der Waals surface area contributed by atoms with Crippen molar-refractivity contribution >= 4 is 32.9 Å². The van der Waals surface area contributed by atoms with Crippen LogP contribution in [0.5, 0.6) is 0 Å². The predicted molar refractivity (Wildman–Crippen MR) is 93.8 cm³/mol. The third kappa shape index (κ3) is 2.84. The van der Waals surface area contributed by atoms with Crippen LogP contribution in [0.25, 0.3) is 10.7 Å². The molecule has 0 saturated heterocycles. The average Bonchev–Trinajstić information content (AvgIpc) is 2.55. The summed E-state index contributed by atoms with van der Waals surface area (Å²) in [4.78, 5) is 7.33. The zero-order valence-electron chi connectivity index (χ0n) is 13.3. The number of aromatic nitrogens is 2. The van der Waals surface area contributed by atoms with E-state index >= 15 is 0 Å². The molecule has 1 aliphatic rings. The van der Waals surface area contributed by atoms with Gasteiger partial charge in [-0.25, -0.2) is 4.98 Å². The zero-order chi connectivity index (χ0) is 19.3. The number of rotatable bonds is 2. The van der Waals surface area contributed by atoms with Gasteiger partial charge in [0.2, 0.25) is 0 Å². The molecule has 0 radical (unpaired) electrons. The van der Waals surface area contributed by atoms with Crippen LogP contribution in [0.4, 0.5) is 13.2 Å². The molecule has 10 heteroatoms. The Kier molecular flexibility index (Phi) is 4.68. The molecule has 0 saturated carbocycles. The minimum Gasteiger partial charge on any atom is -0.504 e. The number of hydrogen-bond acceptors (Lipinski definition) is 5. The third-order valence-corrected chi connectivity index (χ3v) is 6.75.